The molecule has 0 N–H and O–H groups in total. The van der Waals surface area contributed by atoms with Gasteiger partial charge in [-0.2, -0.15) is 12.6 Å². The van der Waals surface area contributed by atoms with Crippen molar-refractivity contribution in [2.24, 2.45) is 0 Å². The van der Waals surface area contributed by atoms with E-state index in [9.17, 15) is 54.9 Å². The average molecular weight is 1200 g/mol. The van der Waals surface area contributed by atoms with Crippen LogP contribution in [0.2, 0.25) is 0 Å². The third kappa shape index (κ3) is 17.9. The highest BCUT2D eigenvalue weighted by Crippen LogP contribution is 2.40. The Morgan fingerprint density at radius 3 is 1.59 bits per heavy atom. The molecule has 32 heteroatoms. The SMILES string of the molecule is CC(C)(C)OC(=O)CS(=O)(=O)CCCS.CC(C)(C)OC(=O)CS(=O)(=O)CCCSc1nonc1-c1noc(=O)n1[C@H]1Cc2ccc(F)cc21.CCN(CC)CC.O=c1onc(-c2nonc2[N+](=O)[O-])n1[C@H]1Cc2ccc(F)cc21. The smallest absolute Gasteiger partial charge is 0.446 e. The number of nitrogens with zero attached hydrogens (tertiary/aromatic N) is 10. The number of ether oxygens (including phenoxy) is 2. The van der Waals surface area contributed by atoms with Crippen LogP contribution in [0.4, 0.5) is 14.6 Å². The third-order valence-corrected chi connectivity index (χ3v) is 16.0. The molecule has 80 heavy (non-hydrogen) atoms. The summed E-state index contributed by atoms with van der Waals surface area (Å²) in [6, 6.07) is 7.58. The van der Waals surface area contributed by atoms with Gasteiger partial charge in [0.05, 0.1) is 23.6 Å². The first kappa shape index (κ1) is 64.2. The number of aromatic nitrogens is 8. The number of halogens is 2. The predicted molar refractivity (Wildman–Crippen MR) is 288 cm³/mol. The van der Waals surface area contributed by atoms with Crippen molar-refractivity contribution < 1.29 is 67.9 Å². The third-order valence-electron chi connectivity index (χ3n) is 11.5. The molecule has 6 aromatic rings. The summed E-state index contributed by atoms with van der Waals surface area (Å²) in [5, 5.41) is 32.8. The largest absolute Gasteiger partial charge is 0.459 e. The zero-order valence-corrected chi connectivity index (χ0v) is 48.6. The van der Waals surface area contributed by atoms with E-state index in [0.717, 1.165) is 27.5 Å². The van der Waals surface area contributed by atoms with Gasteiger partial charge in [0.2, 0.25) is 11.6 Å². The van der Waals surface area contributed by atoms with Crippen molar-refractivity contribution in [2.45, 2.75) is 116 Å². The number of carbonyl (C=O) groups is 2. The van der Waals surface area contributed by atoms with E-state index in [-0.39, 0.29) is 46.0 Å². The lowest BCUT2D eigenvalue weighted by molar-refractivity contribution is -0.390. The lowest BCUT2D eigenvalue weighted by Gasteiger charge is -2.30. The Labute approximate surface area is 467 Å². The number of esters is 2. The van der Waals surface area contributed by atoms with Gasteiger partial charge in [-0.3, -0.25) is 18.6 Å². The topological polar surface area (TPSA) is 341 Å². The van der Waals surface area contributed by atoms with Crippen LogP contribution in [0.15, 0.2) is 69.3 Å². The Bertz CT molecular complexity index is 3440. The van der Waals surface area contributed by atoms with Gasteiger partial charge >= 0.3 is 29.3 Å². The molecule has 0 saturated carbocycles. The first-order chi connectivity index (χ1) is 37.5. The molecule has 0 fully saturated rings. The minimum Gasteiger partial charge on any atom is -0.459 e. The van der Waals surface area contributed by atoms with Crippen molar-refractivity contribution in [3.63, 3.8) is 0 Å². The monoisotopic (exact) mass is 1200 g/mol. The van der Waals surface area contributed by atoms with Crippen molar-refractivity contribution in [3.05, 3.63) is 102 Å². The molecule has 0 radical (unpaired) electrons. The van der Waals surface area contributed by atoms with Crippen LogP contribution in [0.3, 0.4) is 0 Å². The van der Waals surface area contributed by atoms with Crippen molar-refractivity contribution in [3.8, 4) is 23.0 Å². The maximum atomic E-state index is 13.7. The summed E-state index contributed by atoms with van der Waals surface area (Å²) < 4.78 is 105. The second-order valence-electron chi connectivity index (χ2n) is 19.8. The standard InChI is InChI=1S/C21H23FN4O7S2.C12H6FN5O5.C9H18O4S2.C6H15N/c1-21(2,3)31-16(27)11-35(29,30)8-4-7-34-19-17(23-33-25-19)18-24-32-20(28)26(18)15-9-12-5-6-13(22)10-14(12)15;13-6-2-1-5-3-8(7(5)4-6)17-10(15-22-12(17)19)9-11(18(20)21)16-23-14-9;1-9(2,3)13-8(10)7-15(11,12)6-4-5-14;1-4-7(5-2)6-3/h5-6,10,15H,4,7-9,11H2,1-3H3;1-2,4,8H,3H2;14H,4-7H2,1-3H3;4-6H2,1-3H3/t15-;8-;;/m00../s1. The lowest BCUT2D eigenvalue weighted by Crippen LogP contribution is -2.31. The fourth-order valence-electron chi connectivity index (χ4n) is 7.84. The number of carbonyl (C=O) groups excluding carboxylic acids is 2. The van der Waals surface area contributed by atoms with Gasteiger partial charge in [-0.25, -0.2) is 49.0 Å². The van der Waals surface area contributed by atoms with Gasteiger partial charge in [-0.05, 0) is 160 Å². The average Bonchev–Trinajstić information content (AvgIpc) is 4.17. The molecule has 0 saturated heterocycles. The predicted octanol–water partition coefficient (Wildman–Crippen LogP) is 5.90. The van der Waals surface area contributed by atoms with Crippen LogP contribution < -0.4 is 11.5 Å². The Hall–Kier alpha value is -6.64. The number of hydrogen-bond acceptors (Lipinski definition) is 25. The Morgan fingerprint density at radius 2 is 1.16 bits per heavy atom. The van der Waals surface area contributed by atoms with E-state index < -0.39 is 100 Å². The van der Waals surface area contributed by atoms with E-state index >= 15 is 0 Å². The quantitative estimate of drug-likeness (QED) is 0.0232. The van der Waals surface area contributed by atoms with Crippen LogP contribution >= 0.6 is 24.4 Å². The van der Waals surface area contributed by atoms with Gasteiger partial charge in [0, 0.05) is 5.75 Å². The number of benzene rings is 2. The summed E-state index contributed by atoms with van der Waals surface area (Å²) in [7, 11) is -6.99. The zero-order chi connectivity index (χ0) is 59.3. The van der Waals surface area contributed by atoms with E-state index in [4.69, 9.17) is 18.6 Å². The second kappa shape index (κ2) is 27.7. The fourth-order valence-corrected chi connectivity index (χ4v) is 11.5. The highest BCUT2D eigenvalue weighted by Gasteiger charge is 2.38. The molecular formula is C48H62F2N10O16S4. The van der Waals surface area contributed by atoms with Gasteiger partial charge in [0.25, 0.3) is 5.69 Å². The van der Waals surface area contributed by atoms with E-state index in [0.29, 0.717) is 41.9 Å². The Kier molecular flexibility index (Phi) is 22.2. The number of fused-ring (bicyclic) bond motifs is 2. The summed E-state index contributed by atoms with van der Waals surface area (Å²) in [5.41, 5.74) is 1.42. The van der Waals surface area contributed by atoms with E-state index in [1.807, 2.05) is 0 Å². The van der Waals surface area contributed by atoms with Crippen LogP contribution in [0, 0.1) is 21.7 Å². The van der Waals surface area contributed by atoms with E-state index in [1.165, 1.54) is 48.5 Å². The molecule has 2 aliphatic carbocycles. The normalized spacial score (nSPS) is 14.6. The van der Waals surface area contributed by atoms with Gasteiger partial charge < -0.3 is 24.5 Å². The molecule has 4 heterocycles. The van der Waals surface area contributed by atoms with Gasteiger partial charge in [0.1, 0.15) is 34.3 Å². The van der Waals surface area contributed by atoms with Gasteiger partial charge in [0.15, 0.2) is 35.6 Å². The molecule has 0 bridgehead atoms. The number of thiol groups is 1. The van der Waals surface area contributed by atoms with E-state index in [2.05, 4.69) is 78.4 Å². The summed E-state index contributed by atoms with van der Waals surface area (Å²) in [6.07, 6.45) is 1.60. The summed E-state index contributed by atoms with van der Waals surface area (Å²) >= 11 is 5.07. The molecule has 0 spiro atoms. The molecule has 0 aliphatic heterocycles. The number of nitro groups is 1. The van der Waals surface area contributed by atoms with Crippen LogP contribution in [0.25, 0.3) is 23.0 Å². The number of thioether (sulfide) groups is 1. The summed E-state index contributed by atoms with van der Waals surface area (Å²) in [4.78, 5) is 59.8. The molecule has 8 rings (SSSR count). The summed E-state index contributed by atoms with van der Waals surface area (Å²) in [6.45, 7) is 20.2. The van der Waals surface area contributed by atoms with Gasteiger partial charge in [-0.1, -0.05) is 43.2 Å². The van der Waals surface area contributed by atoms with Crippen LogP contribution in [0.5, 0.6) is 0 Å². The molecule has 26 nitrogen and oxygen atoms in total. The minimum absolute atomic E-state index is 0.0181. The molecule has 4 aromatic heterocycles. The Balaban J connectivity index is 0.000000224. The molecule has 0 amide bonds. The second-order valence-corrected chi connectivity index (χ2v) is 25.7. The Morgan fingerprint density at radius 1 is 0.725 bits per heavy atom. The fraction of sp³-hybridized carbons (Fsp3) is 0.542. The maximum absolute atomic E-state index is 13.7. The molecular weight excluding hydrogens is 1140 g/mol. The molecule has 2 atom stereocenters. The molecule has 2 aliphatic rings. The highest BCUT2D eigenvalue weighted by atomic mass is 32.2. The van der Waals surface area contributed by atoms with Crippen molar-refractivity contribution in [2.75, 3.05) is 54.2 Å². The summed E-state index contributed by atoms with van der Waals surface area (Å²) in [5.74, 6) is -5.39. The molecule has 0 unspecified atom stereocenters. The molecule has 438 valence electrons. The van der Waals surface area contributed by atoms with Crippen molar-refractivity contribution in [1.29, 1.82) is 0 Å². The maximum Gasteiger partial charge on any atom is 0.446 e. The number of rotatable bonds is 20. The van der Waals surface area contributed by atoms with Crippen LogP contribution in [0.1, 0.15) is 109 Å². The van der Waals surface area contributed by atoms with Crippen LogP contribution in [-0.4, -0.2) is 144 Å². The highest BCUT2D eigenvalue weighted by molar-refractivity contribution is 7.99. The number of hydrogen-bond donors (Lipinski definition) is 1. The van der Waals surface area contributed by atoms with Crippen LogP contribution in [-0.2, 0) is 51.6 Å². The van der Waals surface area contributed by atoms with E-state index in [1.54, 1.807) is 53.7 Å². The number of sulfone groups is 2. The first-order valence-corrected chi connectivity index (χ1v) is 30.1. The van der Waals surface area contributed by atoms with Gasteiger partial charge in [-0.15, -0.1) is 16.4 Å². The zero-order valence-electron chi connectivity index (χ0n) is 45.2. The minimum atomic E-state index is -3.65. The van der Waals surface area contributed by atoms with Crippen molar-refractivity contribution in [1.82, 2.24) is 45.0 Å². The first-order valence-electron chi connectivity index (χ1n) is 24.8. The molecule has 2 aromatic carbocycles. The van der Waals surface area contributed by atoms with Crippen molar-refractivity contribution >= 4 is 61.8 Å². The lowest BCUT2D eigenvalue weighted by atomic mass is 9.83.